The summed E-state index contributed by atoms with van der Waals surface area (Å²) >= 11 is 1.42. The molecule has 0 bridgehead atoms. The molecule has 2 aromatic heterocycles. The highest BCUT2D eigenvalue weighted by Gasteiger charge is 2.28. The van der Waals surface area contributed by atoms with Gasteiger partial charge in [0.25, 0.3) is 0 Å². The molecule has 20 heavy (non-hydrogen) atoms. The third kappa shape index (κ3) is 2.94. The lowest BCUT2D eigenvalue weighted by Gasteiger charge is -2.24. The van der Waals surface area contributed by atoms with Gasteiger partial charge in [0.1, 0.15) is 0 Å². The number of hydrogen-bond donors (Lipinski definition) is 1. The van der Waals surface area contributed by atoms with E-state index in [0.29, 0.717) is 11.4 Å². The van der Waals surface area contributed by atoms with Crippen LogP contribution in [0.15, 0.2) is 23.8 Å². The molecule has 0 saturated heterocycles. The summed E-state index contributed by atoms with van der Waals surface area (Å²) in [5.41, 5.74) is 8.03. The van der Waals surface area contributed by atoms with Crippen LogP contribution in [0.1, 0.15) is 27.9 Å². The topological polar surface area (TPSA) is 87.3 Å². The SMILES string of the molecule is COC(=O)c1ccc(OC(C)(N)c2scnc2C)nc1. The van der Waals surface area contributed by atoms with Gasteiger partial charge in [-0.3, -0.25) is 5.73 Å². The lowest BCUT2D eigenvalue weighted by atomic mass is 10.2. The van der Waals surface area contributed by atoms with Crippen LogP contribution in [-0.2, 0) is 10.5 Å². The molecule has 6 nitrogen and oxygen atoms in total. The average molecular weight is 293 g/mol. The summed E-state index contributed by atoms with van der Waals surface area (Å²) < 4.78 is 10.3. The van der Waals surface area contributed by atoms with E-state index in [0.717, 1.165) is 10.6 Å². The van der Waals surface area contributed by atoms with Crippen LogP contribution in [0, 0.1) is 6.92 Å². The summed E-state index contributed by atoms with van der Waals surface area (Å²) in [6.07, 6.45) is 1.39. The number of carbonyl (C=O) groups excluding carboxylic acids is 1. The van der Waals surface area contributed by atoms with E-state index in [-0.39, 0.29) is 0 Å². The third-order valence-corrected chi connectivity index (χ3v) is 3.82. The number of esters is 1. The van der Waals surface area contributed by atoms with Crippen molar-refractivity contribution in [2.24, 2.45) is 5.73 Å². The maximum Gasteiger partial charge on any atom is 0.339 e. The minimum Gasteiger partial charge on any atom is -0.465 e. The number of aryl methyl sites for hydroxylation is 1. The zero-order valence-electron chi connectivity index (χ0n) is 11.4. The Hall–Kier alpha value is -1.99. The van der Waals surface area contributed by atoms with Crippen molar-refractivity contribution in [1.82, 2.24) is 9.97 Å². The van der Waals surface area contributed by atoms with Crippen LogP contribution in [0.3, 0.4) is 0 Å². The van der Waals surface area contributed by atoms with E-state index in [2.05, 4.69) is 14.7 Å². The molecule has 106 valence electrons. The van der Waals surface area contributed by atoms with Gasteiger partial charge in [0.15, 0.2) is 5.72 Å². The number of rotatable bonds is 4. The van der Waals surface area contributed by atoms with Crippen LogP contribution in [-0.4, -0.2) is 23.0 Å². The number of methoxy groups -OCH3 is 1. The highest BCUT2D eigenvalue weighted by atomic mass is 32.1. The molecule has 0 aromatic carbocycles. The molecule has 2 heterocycles. The van der Waals surface area contributed by atoms with Gasteiger partial charge in [-0.2, -0.15) is 0 Å². The molecule has 2 aromatic rings. The molecule has 7 heteroatoms. The molecule has 2 rings (SSSR count). The maximum absolute atomic E-state index is 11.3. The first-order chi connectivity index (χ1) is 9.44. The molecular formula is C13H15N3O3S. The summed E-state index contributed by atoms with van der Waals surface area (Å²) in [6.45, 7) is 3.61. The van der Waals surface area contributed by atoms with E-state index in [9.17, 15) is 4.79 Å². The summed E-state index contributed by atoms with van der Waals surface area (Å²) in [7, 11) is 1.32. The van der Waals surface area contributed by atoms with Crippen LogP contribution in [0.25, 0.3) is 0 Å². The smallest absolute Gasteiger partial charge is 0.339 e. The Labute approximate surface area is 120 Å². The molecule has 0 aliphatic heterocycles. The second kappa shape index (κ2) is 5.56. The van der Waals surface area contributed by atoms with Crippen LogP contribution in [0.4, 0.5) is 0 Å². The second-order valence-electron chi connectivity index (χ2n) is 4.35. The van der Waals surface area contributed by atoms with Gasteiger partial charge in [-0.1, -0.05) is 0 Å². The molecule has 1 unspecified atom stereocenters. The Balaban J connectivity index is 2.18. The van der Waals surface area contributed by atoms with Crippen molar-refractivity contribution in [2.75, 3.05) is 7.11 Å². The van der Waals surface area contributed by atoms with Crippen molar-refractivity contribution in [2.45, 2.75) is 19.6 Å². The Bertz CT molecular complexity index is 608. The zero-order valence-corrected chi connectivity index (χ0v) is 12.2. The Morgan fingerprint density at radius 1 is 1.40 bits per heavy atom. The number of aromatic nitrogens is 2. The second-order valence-corrected chi connectivity index (χ2v) is 5.21. The fraction of sp³-hybridized carbons (Fsp3) is 0.308. The number of hydrogen-bond acceptors (Lipinski definition) is 7. The summed E-state index contributed by atoms with van der Waals surface area (Å²) in [5.74, 6) is -0.117. The van der Waals surface area contributed by atoms with E-state index in [1.54, 1.807) is 24.6 Å². The zero-order chi connectivity index (χ0) is 14.8. The predicted molar refractivity (Wildman–Crippen MR) is 74.6 cm³/mol. The van der Waals surface area contributed by atoms with Gasteiger partial charge in [-0.05, 0) is 19.9 Å². The minimum absolute atomic E-state index is 0.329. The third-order valence-electron chi connectivity index (χ3n) is 2.67. The minimum atomic E-state index is -1.02. The standard InChI is InChI=1S/C13H15N3O3S/c1-8-11(20-7-16-8)13(2,14)19-10-5-4-9(6-15-10)12(17)18-3/h4-7H,14H2,1-3H3. The number of ether oxygens (including phenoxy) is 2. The van der Waals surface area contributed by atoms with E-state index in [1.165, 1.54) is 24.6 Å². The number of carbonyl (C=O) groups is 1. The molecule has 0 radical (unpaired) electrons. The van der Waals surface area contributed by atoms with Crippen molar-refractivity contribution in [3.05, 3.63) is 40.0 Å². The van der Waals surface area contributed by atoms with Crippen molar-refractivity contribution < 1.29 is 14.3 Å². The molecule has 0 aliphatic rings. The van der Waals surface area contributed by atoms with Crippen molar-refractivity contribution in [3.63, 3.8) is 0 Å². The van der Waals surface area contributed by atoms with Crippen LogP contribution >= 0.6 is 11.3 Å². The molecule has 1 atom stereocenters. The van der Waals surface area contributed by atoms with Gasteiger partial charge in [0.2, 0.25) is 5.88 Å². The Morgan fingerprint density at radius 3 is 2.65 bits per heavy atom. The Morgan fingerprint density at radius 2 is 2.15 bits per heavy atom. The van der Waals surface area contributed by atoms with Gasteiger partial charge >= 0.3 is 5.97 Å². The van der Waals surface area contributed by atoms with E-state index in [4.69, 9.17) is 10.5 Å². The maximum atomic E-state index is 11.3. The van der Waals surface area contributed by atoms with Crippen molar-refractivity contribution in [1.29, 1.82) is 0 Å². The molecule has 0 amide bonds. The highest BCUT2D eigenvalue weighted by molar-refractivity contribution is 7.09. The molecule has 0 saturated carbocycles. The number of nitrogens with two attached hydrogens (primary N) is 1. The molecule has 0 spiro atoms. The van der Waals surface area contributed by atoms with E-state index >= 15 is 0 Å². The number of nitrogens with zero attached hydrogens (tertiary/aromatic N) is 2. The van der Waals surface area contributed by atoms with E-state index < -0.39 is 11.7 Å². The van der Waals surface area contributed by atoms with Gasteiger partial charge in [0.05, 0.1) is 28.8 Å². The van der Waals surface area contributed by atoms with Gasteiger partial charge in [-0.15, -0.1) is 11.3 Å². The monoisotopic (exact) mass is 293 g/mol. The molecule has 2 N–H and O–H groups in total. The lowest BCUT2D eigenvalue weighted by Crippen LogP contribution is -2.39. The average Bonchev–Trinajstić information content (AvgIpc) is 2.85. The summed E-state index contributed by atoms with van der Waals surface area (Å²) in [5, 5.41) is 0. The first-order valence-electron chi connectivity index (χ1n) is 5.87. The number of thiazole rings is 1. The quantitative estimate of drug-likeness (QED) is 0.683. The lowest BCUT2D eigenvalue weighted by molar-refractivity contribution is 0.0599. The Kier molecular flexibility index (Phi) is 4.01. The van der Waals surface area contributed by atoms with Crippen LogP contribution in [0.2, 0.25) is 0 Å². The van der Waals surface area contributed by atoms with Crippen molar-refractivity contribution >= 4 is 17.3 Å². The van der Waals surface area contributed by atoms with Gasteiger partial charge in [0, 0.05) is 12.3 Å². The highest BCUT2D eigenvalue weighted by Crippen LogP contribution is 2.27. The first kappa shape index (κ1) is 14.4. The van der Waals surface area contributed by atoms with Crippen molar-refractivity contribution in [3.8, 4) is 5.88 Å². The normalized spacial score (nSPS) is 13.6. The molecular weight excluding hydrogens is 278 g/mol. The van der Waals surface area contributed by atoms with Gasteiger partial charge in [-0.25, -0.2) is 14.8 Å². The summed E-state index contributed by atoms with van der Waals surface area (Å²) in [4.78, 5) is 20.3. The molecule has 0 aliphatic carbocycles. The van der Waals surface area contributed by atoms with Crippen LogP contribution < -0.4 is 10.5 Å². The first-order valence-corrected chi connectivity index (χ1v) is 6.75. The summed E-state index contributed by atoms with van der Waals surface area (Å²) in [6, 6.07) is 3.15. The predicted octanol–water partition coefficient (Wildman–Crippen LogP) is 1.84. The number of pyridine rings is 1. The van der Waals surface area contributed by atoms with E-state index in [1.807, 2.05) is 6.92 Å². The fourth-order valence-electron chi connectivity index (χ4n) is 1.72. The molecule has 0 fully saturated rings. The van der Waals surface area contributed by atoms with Gasteiger partial charge < -0.3 is 9.47 Å². The largest absolute Gasteiger partial charge is 0.465 e. The van der Waals surface area contributed by atoms with Crippen LogP contribution in [0.5, 0.6) is 5.88 Å². The fourth-order valence-corrected chi connectivity index (χ4v) is 2.54.